The smallest absolute Gasteiger partial charge is 0.124 e. The maximum absolute atomic E-state index is 9.52. The summed E-state index contributed by atoms with van der Waals surface area (Å²) in [7, 11) is 0. The Hall–Kier alpha value is -3.86. The molecule has 0 unspecified atom stereocenters. The molecule has 0 radical (unpaired) electrons. The summed E-state index contributed by atoms with van der Waals surface area (Å²) in [4.78, 5) is 0. The van der Waals surface area contributed by atoms with Crippen molar-refractivity contribution in [2.75, 3.05) is 26.4 Å². The molecule has 0 amide bonds. The molecule has 0 saturated heterocycles. The summed E-state index contributed by atoms with van der Waals surface area (Å²) in [5.41, 5.74) is 3.14. The van der Waals surface area contributed by atoms with E-state index in [0.717, 1.165) is 49.7 Å². The highest BCUT2D eigenvalue weighted by atomic mass is 16.5. The van der Waals surface area contributed by atoms with Crippen LogP contribution in [0.4, 0.5) is 0 Å². The van der Waals surface area contributed by atoms with Crippen LogP contribution in [0.2, 0.25) is 0 Å². The normalized spacial score (nSPS) is 11.3. The highest BCUT2D eigenvalue weighted by molar-refractivity contribution is 5.93. The van der Waals surface area contributed by atoms with Gasteiger partial charge in [-0.25, -0.2) is 0 Å². The van der Waals surface area contributed by atoms with Crippen molar-refractivity contribution in [3.05, 3.63) is 120 Å². The van der Waals surface area contributed by atoms with Crippen LogP contribution in [0.25, 0.3) is 21.5 Å². The highest BCUT2D eigenvalue weighted by Gasteiger charge is 2.28. The molecule has 0 bridgehead atoms. The van der Waals surface area contributed by atoms with Crippen molar-refractivity contribution >= 4 is 21.5 Å². The van der Waals surface area contributed by atoms with E-state index >= 15 is 0 Å². The lowest BCUT2D eigenvalue weighted by Crippen LogP contribution is -2.12. The van der Waals surface area contributed by atoms with Crippen molar-refractivity contribution in [3.8, 4) is 11.5 Å². The van der Waals surface area contributed by atoms with E-state index in [9.17, 15) is 10.2 Å². The van der Waals surface area contributed by atoms with Gasteiger partial charge in [-0.3, -0.25) is 0 Å². The maximum atomic E-state index is 9.52. The standard InChI is InChI=1S/C31H28O4/c32-18-20-34-27-16-14-22-8-4-6-12-25(22)30(27)29(24-10-2-1-3-11-24)31-26-13-7-5-9-23(26)15-17-28(31)35-21-19-33/h1-17,29,32-33H,18-21H2. The lowest BCUT2D eigenvalue weighted by Gasteiger charge is -2.27. The van der Waals surface area contributed by atoms with Crippen LogP contribution in [0, 0.1) is 0 Å². The van der Waals surface area contributed by atoms with Gasteiger partial charge in [-0.1, -0.05) is 91.0 Å². The largest absolute Gasteiger partial charge is 0.491 e. The number of fused-ring (bicyclic) bond motifs is 2. The second-order valence-corrected chi connectivity index (χ2v) is 8.38. The average Bonchev–Trinajstić information content (AvgIpc) is 2.92. The average molecular weight is 465 g/mol. The van der Waals surface area contributed by atoms with Crippen LogP contribution in [0.3, 0.4) is 0 Å². The van der Waals surface area contributed by atoms with Crippen molar-refractivity contribution in [2.45, 2.75) is 5.92 Å². The first-order valence-electron chi connectivity index (χ1n) is 11.9. The van der Waals surface area contributed by atoms with Crippen molar-refractivity contribution in [1.82, 2.24) is 0 Å². The first kappa shape index (κ1) is 22.9. The number of hydrogen-bond donors (Lipinski definition) is 2. The first-order valence-corrected chi connectivity index (χ1v) is 11.9. The highest BCUT2D eigenvalue weighted by Crippen LogP contribution is 2.47. The Kier molecular flexibility index (Phi) is 6.94. The Balaban J connectivity index is 1.88. The molecule has 5 rings (SSSR count). The lowest BCUT2D eigenvalue weighted by atomic mass is 9.80. The van der Waals surface area contributed by atoms with Crippen LogP contribution < -0.4 is 9.47 Å². The number of aliphatic hydroxyl groups excluding tert-OH is 2. The maximum Gasteiger partial charge on any atom is 0.124 e. The van der Waals surface area contributed by atoms with Crippen LogP contribution in [0.5, 0.6) is 11.5 Å². The molecule has 176 valence electrons. The summed E-state index contributed by atoms with van der Waals surface area (Å²) in [5.74, 6) is 1.25. The molecule has 0 aliphatic carbocycles. The monoisotopic (exact) mass is 464 g/mol. The van der Waals surface area contributed by atoms with E-state index in [-0.39, 0.29) is 32.3 Å². The van der Waals surface area contributed by atoms with E-state index in [1.807, 2.05) is 54.6 Å². The van der Waals surface area contributed by atoms with E-state index in [1.165, 1.54) is 0 Å². The minimum Gasteiger partial charge on any atom is -0.491 e. The Morgan fingerprint density at radius 2 is 0.971 bits per heavy atom. The van der Waals surface area contributed by atoms with Crippen molar-refractivity contribution in [3.63, 3.8) is 0 Å². The Morgan fingerprint density at radius 1 is 0.514 bits per heavy atom. The fourth-order valence-corrected chi connectivity index (χ4v) is 4.83. The van der Waals surface area contributed by atoms with Gasteiger partial charge in [0.1, 0.15) is 24.7 Å². The molecule has 0 aliphatic rings. The van der Waals surface area contributed by atoms with Gasteiger partial charge >= 0.3 is 0 Å². The van der Waals surface area contributed by atoms with Gasteiger partial charge in [0.15, 0.2) is 0 Å². The van der Waals surface area contributed by atoms with E-state index < -0.39 is 0 Å². The van der Waals surface area contributed by atoms with Crippen LogP contribution in [0.1, 0.15) is 22.6 Å². The minimum absolute atomic E-state index is 0.0681. The summed E-state index contributed by atoms with van der Waals surface area (Å²) >= 11 is 0. The molecule has 5 aromatic carbocycles. The quantitative estimate of drug-likeness (QED) is 0.266. The third kappa shape index (κ3) is 4.59. The minimum atomic E-state index is -0.212. The Bertz CT molecular complexity index is 1340. The van der Waals surface area contributed by atoms with E-state index in [4.69, 9.17) is 9.47 Å². The third-order valence-electron chi connectivity index (χ3n) is 6.27. The van der Waals surface area contributed by atoms with Gasteiger partial charge < -0.3 is 19.7 Å². The van der Waals surface area contributed by atoms with Crippen LogP contribution in [-0.4, -0.2) is 36.6 Å². The molecule has 2 N–H and O–H groups in total. The first-order chi connectivity index (χ1) is 17.3. The molecule has 0 fully saturated rings. The van der Waals surface area contributed by atoms with Gasteiger partial charge in [-0.2, -0.15) is 0 Å². The fraction of sp³-hybridized carbons (Fsp3) is 0.161. The molecule has 0 heterocycles. The number of ether oxygens (including phenoxy) is 2. The zero-order chi connectivity index (χ0) is 24.0. The van der Waals surface area contributed by atoms with Gasteiger partial charge in [-0.05, 0) is 39.2 Å². The number of aliphatic hydroxyl groups is 2. The van der Waals surface area contributed by atoms with Crippen molar-refractivity contribution in [2.24, 2.45) is 0 Å². The zero-order valence-corrected chi connectivity index (χ0v) is 19.4. The van der Waals surface area contributed by atoms with Gasteiger partial charge in [0.25, 0.3) is 0 Å². The van der Waals surface area contributed by atoms with Crippen molar-refractivity contribution in [1.29, 1.82) is 0 Å². The molecule has 0 spiro atoms. The molecule has 0 saturated carbocycles. The summed E-state index contributed by atoms with van der Waals surface area (Å²) in [6.45, 7) is 0.273. The van der Waals surface area contributed by atoms with Crippen LogP contribution in [0.15, 0.2) is 103 Å². The van der Waals surface area contributed by atoms with E-state index in [0.29, 0.717) is 0 Å². The molecule has 0 aliphatic heterocycles. The third-order valence-corrected chi connectivity index (χ3v) is 6.27. The summed E-state index contributed by atoms with van der Waals surface area (Å²) in [5, 5.41) is 23.4. The van der Waals surface area contributed by atoms with Crippen LogP contribution in [-0.2, 0) is 0 Å². The molecule has 0 aromatic heterocycles. The van der Waals surface area contributed by atoms with Gasteiger partial charge in [0, 0.05) is 17.0 Å². The van der Waals surface area contributed by atoms with Crippen molar-refractivity contribution < 1.29 is 19.7 Å². The van der Waals surface area contributed by atoms with Gasteiger partial charge in [0.05, 0.1) is 13.2 Å². The van der Waals surface area contributed by atoms with Gasteiger partial charge in [0.2, 0.25) is 0 Å². The molecule has 5 aromatic rings. The fourth-order valence-electron chi connectivity index (χ4n) is 4.83. The molecule has 0 atom stereocenters. The van der Waals surface area contributed by atoms with Gasteiger partial charge in [-0.15, -0.1) is 0 Å². The SMILES string of the molecule is OCCOc1ccc2ccccc2c1C(c1ccccc1)c1c(OCCO)ccc2ccccc12. The molecular weight excluding hydrogens is 436 g/mol. The molecule has 4 nitrogen and oxygen atoms in total. The summed E-state index contributed by atoms with van der Waals surface area (Å²) in [6, 6.07) is 35.0. The Labute approximate surface area is 205 Å². The molecular formula is C31H28O4. The zero-order valence-electron chi connectivity index (χ0n) is 19.4. The topological polar surface area (TPSA) is 58.9 Å². The van der Waals surface area contributed by atoms with E-state index in [2.05, 4.69) is 48.5 Å². The second kappa shape index (κ2) is 10.6. The molecule has 35 heavy (non-hydrogen) atoms. The summed E-state index contributed by atoms with van der Waals surface area (Å²) < 4.78 is 12.2. The molecule has 4 heteroatoms. The number of benzene rings is 5. The number of rotatable bonds is 9. The second-order valence-electron chi connectivity index (χ2n) is 8.38. The lowest BCUT2D eigenvalue weighted by molar-refractivity contribution is 0.199. The van der Waals surface area contributed by atoms with Crippen LogP contribution >= 0.6 is 0 Å². The van der Waals surface area contributed by atoms with E-state index in [1.54, 1.807) is 0 Å². The number of hydrogen-bond acceptors (Lipinski definition) is 4. The predicted molar refractivity (Wildman–Crippen MR) is 140 cm³/mol. The predicted octanol–water partition coefficient (Wildman–Crippen LogP) is 5.92. The Morgan fingerprint density at radius 3 is 1.46 bits per heavy atom. The summed E-state index contributed by atoms with van der Waals surface area (Å²) in [6.07, 6.45) is 0.